The number of fused-ring (bicyclic) bond motifs is 1. The summed E-state index contributed by atoms with van der Waals surface area (Å²) in [6, 6.07) is 11.4. The van der Waals surface area contributed by atoms with Gasteiger partial charge in [0.1, 0.15) is 5.75 Å². The van der Waals surface area contributed by atoms with Crippen LogP contribution in [0, 0.1) is 6.92 Å². The highest BCUT2D eigenvalue weighted by atomic mass is 79.9. The Hall–Kier alpha value is -1.81. The van der Waals surface area contributed by atoms with Gasteiger partial charge in [-0.1, -0.05) is 22.0 Å². The van der Waals surface area contributed by atoms with Crippen LogP contribution in [0.25, 0.3) is 0 Å². The van der Waals surface area contributed by atoms with Crippen molar-refractivity contribution in [3.8, 4) is 5.75 Å². The first-order chi connectivity index (χ1) is 9.65. The monoisotopic (exact) mass is 331 g/mol. The minimum atomic E-state index is -0.0948. The summed E-state index contributed by atoms with van der Waals surface area (Å²) in [6.07, 6.45) is 0.898. The number of carbonyl (C=O) groups excluding carboxylic acids is 1. The molecule has 0 spiro atoms. The fourth-order valence-corrected chi connectivity index (χ4v) is 2.68. The maximum atomic E-state index is 12.3. The molecule has 0 bridgehead atoms. The standard InChI is InChI=1S/C16H14BrNO2/c1-10-13(3-2-4-14(10)17)16(19)18-12-5-6-15-11(9-12)7-8-20-15/h2-6,9H,7-8H2,1H3,(H,18,19). The Bertz CT molecular complexity index is 682. The molecule has 0 radical (unpaired) electrons. The van der Waals surface area contributed by atoms with Gasteiger partial charge in [0.25, 0.3) is 5.91 Å². The zero-order valence-corrected chi connectivity index (χ0v) is 12.7. The number of anilines is 1. The maximum Gasteiger partial charge on any atom is 0.255 e. The number of amides is 1. The second kappa shape index (κ2) is 5.29. The Kier molecular flexibility index (Phi) is 3.49. The number of hydrogen-bond donors (Lipinski definition) is 1. The van der Waals surface area contributed by atoms with E-state index in [4.69, 9.17) is 4.74 Å². The average molecular weight is 332 g/mol. The Morgan fingerprint density at radius 1 is 1.30 bits per heavy atom. The molecule has 1 amide bonds. The normalized spacial score (nSPS) is 12.7. The van der Waals surface area contributed by atoms with Crippen LogP contribution in [0.15, 0.2) is 40.9 Å². The minimum Gasteiger partial charge on any atom is -0.493 e. The Balaban J connectivity index is 1.84. The lowest BCUT2D eigenvalue weighted by Gasteiger charge is -2.09. The van der Waals surface area contributed by atoms with E-state index in [0.717, 1.165) is 40.1 Å². The predicted molar refractivity (Wildman–Crippen MR) is 82.5 cm³/mol. The zero-order chi connectivity index (χ0) is 14.1. The van der Waals surface area contributed by atoms with E-state index in [9.17, 15) is 4.79 Å². The molecule has 1 aliphatic rings. The Morgan fingerprint density at radius 3 is 3.00 bits per heavy atom. The fourth-order valence-electron chi connectivity index (χ4n) is 2.32. The van der Waals surface area contributed by atoms with Crippen molar-refractivity contribution in [3.05, 3.63) is 57.6 Å². The number of carbonyl (C=O) groups is 1. The van der Waals surface area contributed by atoms with Crippen molar-refractivity contribution < 1.29 is 9.53 Å². The Morgan fingerprint density at radius 2 is 2.15 bits per heavy atom. The third kappa shape index (κ3) is 2.43. The lowest BCUT2D eigenvalue weighted by molar-refractivity contribution is 0.102. The molecule has 0 fully saturated rings. The highest BCUT2D eigenvalue weighted by molar-refractivity contribution is 9.10. The number of halogens is 1. The molecule has 3 rings (SSSR count). The van der Waals surface area contributed by atoms with Gasteiger partial charge in [-0.25, -0.2) is 0 Å². The van der Waals surface area contributed by atoms with Crippen LogP contribution in [-0.4, -0.2) is 12.5 Å². The first-order valence-electron chi connectivity index (χ1n) is 6.47. The molecule has 0 saturated heterocycles. The van der Waals surface area contributed by atoms with Gasteiger partial charge in [-0.15, -0.1) is 0 Å². The molecule has 1 aliphatic heterocycles. The molecular formula is C16H14BrNO2. The molecule has 0 unspecified atom stereocenters. The van der Waals surface area contributed by atoms with Gasteiger partial charge < -0.3 is 10.1 Å². The number of hydrogen-bond acceptors (Lipinski definition) is 2. The number of ether oxygens (including phenoxy) is 1. The summed E-state index contributed by atoms with van der Waals surface area (Å²) in [5, 5.41) is 2.94. The smallest absolute Gasteiger partial charge is 0.255 e. The summed E-state index contributed by atoms with van der Waals surface area (Å²) >= 11 is 3.44. The topological polar surface area (TPSA) is 38.3 Å². The molecule has 0 aliphatic carbocycles. The van der Waals surface area contributed by atoms with E-state index in [1.807, 2.05) is 43.3 Å². The van der Waals surface area contributed by atoms with Crippen LogP contribution in [0.5, 0.6) is 5.75 Å². The number of benzene rings is 2. The van der Waals surface area contributed by atoms with Crippen molar-refractivity contribution in [2.75, 3.05) is 11.9 Å². The molecular weight excluding hydrogens is 318 g/mol. The van der Waals surface area contributed by atoms with E-state index in [0.29, 0.717) is 5.56 Å². The molecule has 0 aromatic heterocycles. The minimum absolute atomic E-state index is 0.0948. The summed E-state index contributed by atoms with van der Waals surface area (Å²) in [4.78, 5) is 12.3. The average Bonchev–Trinajstić information content (AvgIpc) is 2.89. The van der Waals surface area contributed by atoms with E-state index in [1.165, 1.54) is 0 Å². The van der Waals surface area contributed by atoms with Gasteiger partial charge in [0, 0.05) is 22.1 Å². The predicted octanol–water partition coefficient (Wildman–Crippen LogP) is 3.94. The van der Waals surface area contributed by atoms with Gasteiger partial charge in [0.2, 0.25) is 0 Å². The van der Waals surface area contributed by atoms with E-state index in [-0.39, 0.29) is 5.91 Å². The summed E-state index contributed by atoms with van der Waals surface area (Å²) in [5.74, 6) is 0.823. The quantitative estimate of drug-likeness (QED) is 0.904. The van der Waals surface area contributed by atoms with Gasteiger partial charge >= 0.3 is 0 Å². The van der Waals surface area contributed by atoms with Gasteiger partial charge in [-0.3, -0.25) is 4.79 Å². The number of rotatable bonds is 2. The van der Waals surface area contributed by atoms with Crippen molar-refractivity contribution in [2.24, 2.45) is 0 Å². The van der Waals surface area contributed by atoms with Crippen LogP contribution in [0.4, 0.5) is 5.69 Å². The fraction of sp³-hybridized carbons (Fsp3) is 0.188. The molecule has 4 heteroatoms. The SMILES string of the molecule is Cc1c(Br)cccc1C(=O)Nc1ccc2c(c1)CCO2. The summed E-state index contributed by atoms with van der Waals surface area (Å²) in [6.45, 7) is 2.65. The van der Waals surface area contributed by atoms with Crippen molar-refractivity contribution >= 4 is 27.5 Å². The largest absolute Gasteiger partial charge is 0.493 e. The van der Waals surface area contributed by atoms with Crippen LogP contribution >= 0.6 is 15.9 Å². The van der Waals surface area contributed by atoms with Crippen molar-refractivity contribution in [2.45, 2.75) is 13.3 Å². The van der Waals surface area contributed by atoms with E-state index < -0.39 is 0 Å². The lowest BCUT2D eigenvalue weighted by atomic mass is 10.1. The van der Waals surface area contributed by atoms with Crippen LogP contribution in [-0.2, 0) is 6.42 Å². The lowest BCUT2D eigenvalue weighted by Crippen LogP contribution is -2.13. The molecule has 20 heavy (non-hydrogen) atoms. The van der Waals surface area contributed by atoms with Crippen molar-refractivity contribution in [1.82, 2.24) is 0 Å². The summed E-state index contributed by atoms with van der Waals surface area (Å²) < 4.78 is 6.40. The first-order valence-corrected chi connectivity index (χ1v) is 7.26. The highest BCUT2D eigenvalue weighted by Crippen LogP contribution is 2.28. The molecule has 2 aromatic rings. The third-order valence-corrected chi connectivity index (χ3v) is 4.32. The van der Waals surface area contributed by atoms with E-state index in [2.05, 4.69) is 21.2 Å². The second-order valence-electron chi connectivity index (χ2n) is 4.79. The maximum absolute atomic E-state index is 12.3. The summed E-state index contributed by atoms with van der Waals surface area (Å²) in [5.41, 5.74) is 3.57. The van der Waals surface area contributed by atoms with Crippen LogP contribution in [0.3, 0.4) is 0 Å². The highest BCUT2D eigenvalue weighted by Gasteiger charge is 2.14. The first kappa shape index (κ1) is 13.2. The Labute approximate surface area is 126 Å². The summed E-state index contributed by atoms with van der Waals surface area (Å²) in [7, 11) is 0. The zero-order valence-electron chi connectivity index (χ0n) is 11.1. The van der Waals surface area contributed by atoms with Crippen molar-refractivity contribution in [3.63, 3.8) is 0 Å². The molecule has 1 heterocycles. The van der Waals surface area contributed by atoms with Gasteiger partial charge in [-0.2, -0.15) is 0 Å². The molecule has 2 aromatic carbocycles. The van der Waals surface area contributed by atoms with E-state index in [1.54, 1.807) is 0 Å². The molecule has 1 N–H and O–H groups in total. The van der Waals surface area contributed by atoms with Crippen LogP contribution < -0.4 is 10.1 Å². The van der Waals surface area contributed by atoms with Crippen LogP contribution in [0.1, 0.15) is 21.5 Å². The molecule has 0 atom stereocenters. The second-order valence-corrected chi connectivity index (χ2v) is 5.64. The molecule has 0 saturated carbocycles. The van der Waals surface area contributed by atoms with Crippen molar-refractivity contribution in [1.29, 1.82) is 0 Å². The molecule has 3 nitrogen and oxygen atoms in total. The van der Waals surface area contributed by atoms with E-state index >= 15 is 0 Å². The third-order valence-electron chi connectivity index (χ3n) is 3.46. The van der Waals surface area contributed by atoms with Gasteiger partial charge in [-0.05, 0) is 48.4 Å². The van der Waals surface area contributed by atoms with Gasteiger partial charge in [0.15, 0.2) is 0 Å². The number of nitrogens with one attached hydrogen (secondary N) is 1. The molecule has 102 valence electrons. The van der Waals surface area contributed by atoms with Gasteiger partial charge in [0.05, 0.1) is 6.61 Å². The van der Waals surface area contributed by atoms with Crippen LogP contribution in [0.2, 0.25) is 0 Å².